The summed E-state index contributed by atoms with van der Waals surface area (Å²) in [5, 5.41) is 0. The largest absolute Gasteiger partial charge is 0.485 e. The van der Waals surface area contributed by atoms with E-state index in [1.54, 1.807) is 0 Å². The number of benzene rings is 1. The molecule has 0 aliphatic rings. The molecule has 1 aromatic carbocycles. The van der Waals surface area contributed by atoms with Gasteiger partial charge in [0.25, 0.3) is 0 Å². The second-order valence-corrected chi connectivity index (χ2v) is 5.21. The topological polar surface area (TPSA) is 26.5 Å². The average Bonchev–Trinajstić information content (AvgIpc) is 2.84. The Bertz CT molecular complexity index is 870. The molecule has 0 saturated carbocycles. The number of hydrogen-bond acceptors (Lipinski definition) is 2. The van der Waals surface area contributed by atoms with Crippen LogP contribution < -0.4 is 4.74 Å². The summed E-state index contributed by atoms with van der Waals surface area (Å²) in [4.78, 5) is 4.61. The van der Waals surface area contributed by atoms with Crippen LogP contribution in [0.4, 0.5) is 0 Å². The summed E-state index contributed by atoms with van der Waals surface area (Å²) < 4.78 is 8.00. The zero-order valence-corrected chi connectivity index (χ0v) is 12.8. The number of imidazole rings is 1. The molecule has 0 radical (unpaired) electrons. The minimum Gasteiger partial charge on any atom is -0.485 e. The van der Waals surface area contributed by atoms with Gasteiger partial charge >= 0.3 is 0 Å². The van der Waals surface area contributed by atoms with Crippen LogP contribution in [-0.4, -0.2) is 9.38 Å². The number of rotatable bonds is 4. The number of ether oxygens (including phenoxy) is 1. The summed E-state index contributed by atoms with van der Waals surface area (Å²) in [6.45, 7) is 8.23. The van der Waals surface area contributed by atoms with Crippen molar-refractivity contribution in [2.45, 2.75) is 20.5 Å². The highest BCUT2D eigenvalue weighted by Crippen LogP contribution is 2.23. The maximum Gasteiger partial charge on any atom is 0.180 e. The highest BCUT2D eigenvalue weighted by molar-refractivity contribution is 5.61. The first kappa shape index (κ1) is 14.2. The molecule has 0 saturated heterocycles. The first-order valence-corrected chi connectivity index (χ1v) is 7.21. The van der Waals surface area contributed by atoms with E-state index in [2.05, 4.69) is 36.4 Å². The lowest BCUT2D eigenvalue weighted by Gasteiger charge is -2.09. The van der Waals surface area contributed by atoms with E-state index in [1.807, 2.05) is 47.9 Å². The average molecular weight is 290 g/mol. The van der Waals surface area contributed by atoms with Gasteiger partial charge in [0, 0.05) is 12.3 Å². The minimum atomic E-state index is 0.533. The van der Waals surface area contributed by atoms with Crippen molar-refractivity contribution >= 4 is 11.7 Å². The van der Waals surface area contributed by atoms with Crippen molar-refractivity contribution in [2.75, 3.05) is 0 Å². The van der Waals surface area contributed by atoms with Crippen molar-refractivity contribution in [1.29, 1.82) is 0 Å². The second-order valence-electron chi connectivity index (χ2n) is 5.21. The van der Waals surface area contributed by atoms with Crippen LogP contribution in [0.25, 0.3) is 11.7 Å². The van der Waals surface area contributed by atoms with Gasteiger partial charge in [-0.3, -0.25) is 4.40 Å². The third-order valence-corrected chi connectivity index (χ3v) is 3.72. The maximum atomic E-state index is 6.00. The zero-order chi connectivity index (χ0) is 15.5. The van der Waals surface area contributed by atoms with Gasteiger partial charge in [-0.15, -0.1) is 5.73 Å². The Morgan fingerprint density at radius 2 is 2.05 bits per heavy atom. The number of fused-ring (bicyclic) bond motifs is 1. The molecular weight excluding hydrogens is 272 g/mol. The van der Waals surface area contributed by atoms with Crippen LogP contribution in [0.1, 0.15) is 22.5 Å². The molecule has 0 atom stereocenters. The third kappa shape index (κ3) is 2.54. The second kappa shape index (κ2) is 5.92. The molecule has 2 aromatic heterocycles. The molecule has 3 heteroatoms. The summed E-state index contributed by atoms with van der Waals surface area (Å²) >= 11 is 0. The predicted octanol–water partition coefficient (Wildman–Crippen LogP) is 4.33. The van der Waals surface area contributed by atoms with Crippen LogP contribution in [0, 0.1) is 13.8 Å². The van der Waals surface area contributed by atoms with Crippen molar-refractivity contribution in [3.05, 3.63) is 77.4 Å². The van der Waals surface area contributed by atoms with Gasteiger partial charge in [0.15, 0.2) is 11.4 Å². The quantitative estimate of drug-likeness (QED) is 0.669. The molecule has 2 heterocycles. The van der Waals surface area contributed by atoms with Gasteiger partial charge in [-0.2, -0.15) is 0 Å². The van der Waals surface area contributed by atoms with Gasteiger partial charge in [-0.1, -0.05) is 30.8 Å². The van der Waals surface area contributed by atoms with Crippen molar-refractivity contribution in [2.24, 2.45) is 0 Å². The summed E-state index contributed by atoms with van der Waals surface area (Å²) in [6, 6.07) is 12.1. The van der Waals surface area contributed by atoms with E-state index < -0.39 is 0 Å². The van der Waals surface area contributed by atoms with Crippen molar-refractivity contribution in [3.8, 4) is 5.75 Å². The molecule has 0 aliphatic carbocycles. The van der Waals surface area contributed by atoms with Crippen molar-refractivity contribution in [1.82, 2.24) is 9.38 Å². The molecule has 3 aromatic rings. The predicted molar refractivity (Wildman–Crippen MR) is 89.0 cm³/mol. The first-order valence-electron chi connectivity index (χ1n) is 7.21. The molecule has 0 spiro atoms. The Hall–Kier alpha value is -2.77. The molecule has 3 rings (SSSR count). The Morgan fingerprint density at radius 3 is 2.82 bits per heavy atom. The number of aromatic nitrogens is 2. The van der Waals surface area contributed by atoms with E-state index in [0.717, 1.165) is 22.8 Å². The molecule has 0 bridgehead atoms. The molecular formula is C19H18N2O. The summed E-state index contributed by atoms with van der Waals surface area (Å²) in [7, 11) is 0. The van der Waals surface area contributed by atoms with Crippen LogP contribution >= 0.6 is 0 Å². The van der Waals surface area contributed by atoms with E-state index in [0.29, 0.717) is 6.61 Å². The molecule has 0 amide bonds. The SMILES string of the molecule is C=C=Cc1c(C)nc2c(OCc3ccccc3C)cccn12. The van der Waals surface area contributed by atoms with Gasteiger partial charge in [0.2, 0.25) is 0 Å². The summed E-state index contributed by atoms with van der Waals surface area (Å²) in [5.74, 6) is 0.776. The number of aryl methyl sites for hydroxylation is 2. The summed E-state index contributed by atoms with van der Waals surface area (Å²) in [5.41, 5.74) is 7.94. The fourth-order valence-electron chi connectivity index (χ4n) is 2.49. The lowest BCUT2D eigenvalue weighted by Crippen LogP contribution is -1.99. The van der Waals surface area contributed by atoms with Gasteiger partial charge in [0.1, 0.15) is 6.61 Å². The van der Waals surface area contributed by atoms with Gasteiger partial charge in [-0.25, -0.2) is 4.98 Å². The molecule has 0 aliphatic heterocycles. The molecule has 0 fully saturated rings. The zero-order valence-electron chi connectivity index (χ0n) is 12.8. The van der Waals surface area contributed by atoms with Gasteiger partial charge < -0.3 is 4.74 Å². The van der Waals surface area contributed by atoms with Crippen LogP contribution in [0.5, 0.6) is 5.75 Å². The normalized spacial score (nSPS) is 10.5. The van der Waals surface area contributed by atoms with E-state index in [-0.39, 0.29) is 0 Å². The van der Waals surface area contributed by atoms with Crippen molar-refractivity contribution < 1.29 is 4.74 Å². The fraction of sp³-hybridized carbons (Fsp3) is 0.158. The van der Waals surface area contributed by atoms with Gasteiger partial charge in [0.05, 0.1) is 11.4 Å². The van der Waals surface area contributed by atoms with Crippen molar-refractivity contribution in [3.63, 3.8) is 0 Å². The van der Waals surface area contributed by atoms with Crippen LogP contribution in [-0.2, 0) is 6.61 Å². The summed E-state index contributed by atoms with van der Waals surface area (Å²) in [6.07, 6.45) is 3.81. The van der Waals surface area contributed by atoms with Crippen LogP contribution in [0.3, 0.4) is 0 Å². The lowest BCUT2D eigenvalue weighted by atomic mass is 10.1. The maximum absolute atomic E-state index is 6.00. The molecule has 22 heavy (non-hydrogen) atoms. The molecule has 0 unspecified atom stereocenters. The van der Waals surface area contributed by atoms with Crippen LogP contribution in [0.2, 0.25) is 0 Å². The van der Waals surface area contributed by atoms with E-state index >= 15 is 0 Å². The van der Waals surface area contributed by atoms with E-state index in [4.69, 9.17) is 4.74 Å². The number of hydrogen-bond donors (Lipinski definition) is 0. The standard InChI is InChI=1S/C19H18N2O/c1-4-8-17-15(3)20-19-18(11-7-12-21(17)19)22-13-16-10-6-5-9-14(16)2/h5-12H,1,13H2,2-3H3. The number of pyridine rings is 1. The molecule has 0 N–H and O–H groups in total. The molecule has 3 nitrogen and oxygen atoms in total. The third-order valence-electron chi connectivity index (χ3n) is 3.72. The Labute approximate surface area is 130 Å². The highest BCUT2D eigenvalue weighted by atomic mass is 16.5. The lowest BCUT2D eigenvalue weighted by molar-refractivity contribution is 0.307. The number of nitrogens with zero attached hydrogens (tertiary/aromatic N) is 2. The van der Waals surface area contributed by atoms with E-state index in [9.17, 15) is 0 Å². The monoisotopic (exact) mass is 290 g/mol. The first-order chi connectivity index (χ1) is 10.7. The Balaban J connectivity index is 1.96. The Kier molecular flexibility index (Phi) is 3.82. The highest BCUT2D eigenvalue weighted by Gasteiger charge is 2.11. The fourth-order valence-corrected chi connectivity index (χ4v) is 2.49. The Morgan fingerprint density at radius 1 is 1.23 bits per heavy atom. The smallest absolute Gasteiger partial charge is 0.180 e. The van der Waals surface area contributed by atoms with Crippen LogP contribution in [0.15, 0.2) is 54.9 Å². The van der Waals surface area contributed by atoms with Gasteiger partial charge in [-0.05, 0) is 37.1 Å². The minimum absolute atomic E-state index is 0.533. The van der Waals surface area contributed by atoms with E-state index in [1.165, 1.54) is 11.1 Å². The molecule has 110 valence electrons.